The highest BCUT2D eigenvalue weighted by atomic mass is 19.1. The van der Waals surface area contributed by atoms with E-state index in [1.807, 2.05) is 53.9 Å². The molecule has 52 heavy (non-hydrogen) atoms. The van der Waals surface area contributed by atoms with Crippen molar-refractivity contribution in [2.45, 2.75) is 52.9 Å². The van der Waals surface area contributed by atoms with E-state index in [1.165, 1.54) is 0 Å². The molecular weight excluding hydrogens is 670 g/mol. The summed E-state index contributed by atoms with van der Waals surface area (Å²) in [5.41, 5.74) is 19.2. The fourth-order valence-electron chi connectivity index (χ4n) is 6.34. The minimum atomic E-state index is -1.04. The van der Waals surface area contributed by atoms with Gasteiger partial charge in [-0.05, 0) is 75.6 Å². The van der Waals surface area contributed by atoms with Crippen molar-refractivity contribution in [2.24, 2.45) is 25.9 Å². The molecule has 2 aliphatic rings. The summed E-state index contributed by atoms with van der Waals surface area (Å²) in [5, 5.41) is 17.2. The second kappa shape index (κ2) is 12.9. The highest BCUT2D eigenvalue weighted by Crippen LogP contribution is 2.37. The molecule has 16 heteroatoms. The number of hydrogen-bond acceptors (Lipinski definition) is 10. The summed E-state index contributed by atoms with van der Waals surface area (Å²) in [4.78, 5) is 41.2. The standard InChI is InChI=1S/2C18H19FN6O/c2*1-8-16(9(2)25(3)24-8)14-4-10-5-15(21-7-12(10)17(20)22-14)23-18(26)11-6-13(11)19/h2*4-5,7,11,13H,6H2,1-3H3,(H2,20,22)(H,21,23,26)/t2*11-,13+/m10/s1. The van der Waals surface area contributed by atoms with Crippen LogP contribution in [-0.4, -0.2) is 63.7 Å². The number of halogens is 2. The van der Waals surface area contributed by atoms with Crippen LogP contribution in [0, 0.1) is 39.5 Å². The van der Waals surface area contributed by atoms with Crippen LogP contribution in [-0.2, 0) is 23.7 Å². The van der Waals surface area contributed by atoms with Crippen LogP contribution in [0.4, 0.5) is 32.1 Å². The Labute approximate surface area is 297 Å². The molecule has 6 heterocycles. The van der Waals surface area contributed by atoms with Crippen LogP contribution in [0.1, 0.15) is 35.6 Å². The van der Waals surface area contributed by atoms with Crippen molar-refractivity contribution >= 4 is 56.6 Å². The number of nitrogens with one attached hydrogen (secondary N) is 2. The monoisotopic (exact) mass is 708 g/mol. The zero-order chi connectivity index (χ0) is 37.2. The molecule has 0 aromatic carbocycles. The highest BCUT2D eigenvalue weighted by molar-refractivity contribution is 6.00. The van der Waals surface area contributed by atoms with Gasteiger partial charge in [0.15, 0.2) is 0 Å². The van der Waals surface area contributed by atoms with E-state index in [2.05, 4.69) is 40.8 Å². The van der Waals surface area contributed by atoms with Gasteiger partial charge in [-0.15, -0.1) is 0 Å². The molecule has 4 atom stereocenters. The Hall–Kier alpha value is -6.06. The molecule has 2 fully saturated rings. The van der Waals surface area contributed by atoms with Crippen molar-refractivity contribution in [3.8, 4) is 22.5 Å². The van der Waals surface area contributed by atoms with E-state index < -0.39 is 24.2 Å². The van der Waals surface area contributed by atoms with Crippen LogP contribution in [0.5, 0.6) is 0 Å². The number of amides is 2. The summed E-state index contributed by atoms with van der Waals surface area (Å²) in [6, 6.07) is 7.25. The average molecular weight is 709 g/mol. The van der Waals surface area contributed by atoms with E-state index >= 15 is 0 Å². The molecule has 0 aliphatic heterocycles. The molecule has 0 unspecified atom stereocenters. The van der Waals surface area contributed by atoms with Gasteiger partial charge in [0.2, 0.25) is 11.8 Å². The maximum atomic E-state index is 13.0. The molecule has 6 aromatic rings. The molecule has 8 rings (SSSR count). The lowest BCUT2D eigenvalue weighted by Gasteiger charge is -2.09. The van der Waals surface area contributed by atoms with Crippen LogP contribution in [0.3, 0.4) is 0 Å². The second-order valence-corrected chi connectivity index (χ2v) is 13.4. The SMILES string of the molecule is Cc1nn(C)c(C)c1-c1cc2cc(NC(=O)[C@@H]3C[C@@H]3F)ncc2c(N)n1.Cc1nn(C)c(C)c1-c1cc2cc(NC(=O)[C@H]3C[C@H]3F)ncc2c(N)n1. The van der Waals surface area contributed by atoms with Crippen LogP contribution in [0.25, 0.3) is 44.1 Å². The minimum absolute atomic E-state index is 0.278. The van der Waals surface area contributed by atoms with E-state index in [4.69, 9.17) is 11.5 Å². The van der Waals surface area contributed by atoms with Crippen LogP contribution in [0.15, 0.2) is 36.7 Å². The van der Waals surface area contributed by atoms with Gasteiger partial charge in [-0.1, -0.05) is 0 Å². The fraction of sp³-hybridized carbons (Fsp3) is 0.333. The zero-order valence-corrected chi connectivity index (χ0v) is 29.5. The number of aromatic nitrogens is 8. The first-order valence-corrected chi connectivity index (χ1v) is 16.7. The number of fused-ring (bicyclic) bond motifs is 2. The smallest absolute Gasteiger partial charge is 0.231 e. The first-order valence-electron chi connectivity index (χ1n) is 16.7. The van der Waals surface area contributed by atoms with Crippen molar-refractivity contribution in [3.63, 3.8) is 0 Å². The third-order valence-corrected chi connectivity index (χ3v) is 9.62. The number of rotatable bonds is 6. The maximum Gasteiger partial charge on any atom is 0.231 e. The van der Waals surface area contributed by atoms with Crippen molar-refractivity contribution in [1.82, 2.24) is 39.5 Å². The van der Waals surface area contributed by atoms with E-state index in [0.29, 0.717) is 45.4 Å². The van der Waals surface area contributed by atoms with Gasteiger partial charge in [-0.3, -0.25) is 19.0 Å². The predicted molar refractivity (Wildman–Crippen MR) is 195 cm³/mol. The quantitative estimate of drug-likeness (QED) is 0.182. The van der Waals surface area contributed by atoms with Crippen molar-refractivity contribution in [3.05, 3.63) is 59.4 Å². The molecule has 6 aromatic heterocycles. The molecule has 0 spiro atoms. The zero-order valence-electron chi connectivity index (χ0n) is 29.5. The van der Waals surface area contributed by atoms with Gasteiger partial charge in [0.05, 0.1) is 34.6 Å². The number of anilines is 4. The lowest BCUT2D eigenvalue weighted by atomic mass is 10.1. The Morgan fingerprint density at radius 3 is 1.37 bits per heavy atom. The lowest BCUT2D eigenvalue weighted by molar-refractivity contribution is -0.118. The molecule has 268 valence electrons. The summed E-state index contributed by atoms with van der Waals surface area (Å²) in [7, 11) is 3.76. The van der Waals surface area contributed by atoms with Gasteiger partial charge >= 0.3 is 0 Å². The maximum absolute atomic E-state index is 13.0. The molecule has 0 bridgehead atoms. The first-order chi connectivity index (χ1) is 24.7. The highest BCUT2D eigenvalue weighted by Gasteiger charge is 2.44. The third kappa shape index (κ3) is 6.47. The molecule has 14 nitrogen and oxygen atoms in total. The number of nitrogen functional groups attached to an aromatic ring is 2. The van der Waals surface area contributed by atoms with E-state index in [1.54, 1.807) is 33.9 Å². The van der Waals surface area contributed by atoms with Crippen LogP contribution >= 0.6 is 0 Å². The van der Waals surface area contributed by atoms with Gasteiger partial charge in [0.1, 0.15) is 35.6 Å². The Balaban J connectivity index is 0.000000162. The van der Waals surface area contributed by atoms with Crippen molar-refractivity contribution in [1.29, 1.82) is 0 Å². The van der Waals surface area contributed by atoms with Gasteiger partial charge in [-0.25, -0.2) is 28.7 Å². The van der Waals surface area contributed by atoms with Crippen LogP contribution in [0.2, 0.25) is 0 Å². The van der Waals surface area contributed by atoms with Crippen LogP contribution < -0.4 is 22.1 Å². The second-order valence-electron chi connectivity index (χ2n) is 13.4. The Morgan fingerprint density at radius 2 is 1.06 bits per heavy atom. The average Bonchev–Trinajstić information content (AvgIpc) is 3.97. The number of carbonyl (C=O) groups excluding carboxylic acids is 2. The lowest BCUT2D eigenvalue weighted by Crippen LogP contribution is -2.15. The Morgan fingerprint density at radius 1 is 0.692 bits per heavy atom. The molecular formula is C36H38F2N12O2. The van der Waals surface area contributed by atoms with Crippen molar-refractivity contribution < 1.29 is 18.4 Å². The molecule has 2 aliphatic carbocycles. The molecule has 0 saturated heterocycles. The van der Waals surface area contributed by atoms with E-state index in [-0.39, 0.29) is 24.7 Å². The summed E-state index contributed by atoms with van der Waals surface area (Å²) in [5.74, 6) is -0.350. The Kier molecular flexibility index (Phi) is 8.55. The third-order valence-electron chi connectivity index (χ3n) is 9.62. The number of nitrogens with zero attached hydrogens (tertiary/aromatic N) is 8. The van der Waals surface area contributed by atoms with E-state index in [0.717, 1.165) is 44.7 Å². The Bertz CT molecular complexity index is 2260. The van der Waals surface area contributed by atoms with Gasteiger partial charge < -0.3 is 22.1 Å². The summed E-state index contributed by atoms with van der Waals surface area (Å²) in [6.45, 7) is 7.79. The fourth-order valence-corrected chi connectivity index (χ4v) is 6.34. The summed E-state index contributed by atoms with van der Waals surface area (Å²) >= 11 is 0. The predicted octanol–water partition coefficient (Wildman–Crippen LogP) is 5.05. The summed E-state index contributed by atoms with van der Waals surface area (Å²) < 4.78 is 29.7. The summed E-state index contributed by atoms with van der Waals surface area (Å²) in [6.07, 6.45) is 1.61. The first kappa shape index (κ1) is 34.4. The number of aryl methyl sites for hydroxylation is 4. The number of hydrogen-bond donors (Lipinski definition) is 4. The number of nitrogens with two attached hydrogens (primary N) is 2. The number of carbonyl (C=O) groups is 2. The molecule has 2 saturated carbocycles. The largest absolute Gasteiger partial charge is 0.383 e. The van der Waals surface area contributed by atoms with E-state index in [9.17, 15) is 18.4 Å². The number of alkyl halides is 2. The molecule has 6 N–H and O–H groups in total. The van der Waals surface area contributed by atoms with Gasteiger partial charge in [0.25, 0.3) is 0 Å². The number of pyridine rings is 4. The normalized spacial score (nSPS) is 18.9. The minimum Gasteiger partial charge on any atom is -0.383 e. The molecule has 2 amide bonds. The molecule has 0 radical (unpaired) electrons. The van der Waals surface area contributed by atoms with Gasteiger partial charge in [-0.2, -0.15) is 10.2 Å². The van der Waals surface area contributed by atoms with Crippen molar-refractivity contribution in [2.75, 3.05) is 22.1 Å². The van der Waals surface area contributed by atoms with Gasteiger partial charge in [0, 0.05) is 59.8 Å². The topological polar surface area (TPSA) is 197 Å².